The topological polar surface area (TPSA) is 41.1 Å². The fraction of sp³-hybridized carbons (Fsp3) is 0.267. The van der Waals surface area contributed by atoms with E-state index in [2.05, 4.69) is 10.6 Å². The molecule has 0 saturated heterocycles. The third-order valence-electron chi connectivity index (χ3n) is 3.02. The highest BCUT2D eigenvalue weighted by Crippen LogP contribution is 2.22. The maximum Gasteiger partial charge on any atom is 0.265 e. The van der Waals surface area contributed by atoms with Crippen molar-refractivity contribution in [2.45, 2.75) is 20.4 Å². The number of para-hydroxylation sites is 1. The van der Waals surface area contributed by atoms with Gasteiger partial charge in [0.1, 0.15) is 0 Å². The Morgan fingerprint density at radius 3 is 2.55 bits per heavy atom. The van der Waals surface area contributed by atoms with Crippen LogP contribution in [0.4, 0.5) is 5.69 Å². The summed E-state index contributed by atoms with van der Waals surface area (Å²) in [6, 6.07) is 9.78. The number of carbonyl (C=O) groups excluding carboxylic acids is 1. The van der Waals surface area contributed by atoms with Crippen LogP contribution in [0.25, 0.3) is 0 Å². The van der Waals surface area contributed by atoms with Gasteiger partial charge in [-0.3, -0.25) is 4.79 Å². The van der Waals surface area contributed by atoms with Crippen LogP contribution in [-0.2, 0) is 6.54 Å². The molecule has 2 rings (SSSR count). The van der Waals surface area contributed by atoms with E-state index in [1.807, 2.05) is 51.2 Å². The molecule has 108 valence electrons. The number of benzene rings is 1. The van der Waals surface area contributed by atoms with Crippen LogP contribution in [0.1, 0.15) is 25.7 Å². The van der Waals surface area contributed by atoms with Crippen molar-refractivity contribution in [3.05, 3.63) is 51.2 Å². The van der Waals surface area contributed by atoms with Crippen LogP contribution in [-0.4, -0.2) is 13.0 Å². The van der Waals surface area contributed by atoms with E-state index >= 15 is 0 Å². The molecule has 5 heteroatoms. The molecule has 0 unspecified atom stereocenters. The van der Waals surface area contributed by atoms with Gasteiger partial charge in [0.15, 0.2) is 0 Å². The quantitative estimate of drug-likeness (QED) is 0.903. The second kappa shape index (κ2) is 7.43. The molecule has 0 spiro atoms. The summed E-state index contributed by atoms with van der Waals surface area (Å²) in [6.45, 7) is 4.79. The molecule has 3 nitrogen and oxygen atoms in total. The molecule has 1 aromatic heterocycles. The first-order valence-corrected chi connectivity index (χ1v) is 7.04. The van der Waals surface area contributed by atoms with Crippen LogP contribution >= 0.6 is 23.7 Å². The van der Waals surface area contributed by atoms with Crippen LogP contribution < -0.4 is 10.6 Å². The maximum absolute atomic E-state index is 12.2. The van der Waals surface area contributed by atoms with Crippen LogP contribution in [0.15, 0.2) is 30.3 Å². The smallest absolute Gasteiger partial charge is 0.265 e. The molecule has 0 atom stereocenters. The van der Waals surface area contributed by atoms with Crippen LogP contribution in [0, 0.1) is 13.8 Å². The predicted molar refractivity (Wildman–Crippen MR) is 88.2 cm³/mol. The van der Waals surface area contributed by atoms with Crippen molar-refractivity contribution >= 4 is 35.3 Å². The molecular weight excluding hydrogens is 292 g/mol. The lowest BCUT2D eigenvalue weighted by Gasteiger charge is -2.09. The minimum atomic E-state index is -0.0373. The minimum Gasteiger partial charge on any atom is -0.321 e. The van der Waals surface area contributed by atoms with Gasteiger partial charge in [0.2, 0.25) is 0 Å². The number of hydrogen-bond acceptors (Lipinski definition) is 3. The number of anilines is 1. The SMILES string of the molecule is CNCc1ccccc1NC(=O)c1cc(C)c(C)s1.Cl. The number of rotatable bonds is 4. The molecule has 0 aliphatic carbocycles. The maximum atomic E-state index is 12.2. The average molecular weight is 311 g/mol. The summed E-state index contributed by atoms with van der Waals surface area (Å²) < 4.78 is 0. The van der Waals surface area contributed by atoms with Crippen LogP contribution in [0.3, 0.4) is 0 Å². The first-order chi connectivity index (χ1) is 9.11. The van der Waals surface area contributed by atoms with Crippen molar-refractivity contribution in [2.24, 2.45) is 0 Å². The molecule has 0 aliphatic heterocycles. The fourth-order valence-electron chi connectivity index (χ4n) is 1.86. The zero-order chi connectivity index (χ0) is 13.8. The third-order valence-corrected chi connectivity index (χ3v) is 4.17. The molecule has 2 aromatic rings. The molecule has 20 heavy (non-hydrogen) atoms. The Hall–Kier alpha value is -1.36. The van der Waals surface area contributed by atoms with Gasteiger partial charge in [-0.25, -0.2) is 0 Å². The van der Waals surface area contributed by atoms with Crippen LogP contribution in [0.2, 0.25) is 0 Å². The monoisotopic (exact) mass is 310 g/mol. The number of carbonyl (C=O) groups is 1. The summed E-state index contributed by atoms with van der Waals surface area (Å²) >= 11 is 1.53. The zero-order valence-electron chi connectivity index (χ0n) is 11.8. The Kier molecular flexibility index (Phi) is 6.20. The molecule has 0 radical (unpaired) electrons. The molecule has 2 N–H and O–H groups in total. The van der Waals surface area contributed by atoms with Gasteiger partial charge in [0, 0.05) is 17.1 Å². The molecule has 0 bridgehead atoms. The van der Waals surface area contributed by atoms with E-state index in [1.165, 1.54) is 21.8 Å². The summed E-state index contributed by atoms with van der Waals surface area (Å²) in [5, 5.41) is 6.09. The predicted octanol–water partition coefficient (Wildman–Crippen LogP) is 3.76. The Balaban J connectivity index is 0.00000200. The van der Waals surface area contributed by atoms with E-state index in [0.29, 0.717) is 0 Å². The Morgan fingerprint density at radius 2 is 1.95 bits per heavy atom. The summed E-state index contributed by atoms with van der Waals surface area (Å²) in [7, 11) is 1.89. The van der Waals surface area contributed by atoms with Crippen molar-refractivity contribution < 1.29 is 4.79 Å². The van der Waals surface area contributed by atoms with Gasteiger partial charge in [0.05, 0.1) is 4.88 Å². The summed E-state index contributed by atoms with van der Waals surface area (Å²) in [5.41, 5.74) is 3.12. The van der Waals surface area contributed by atoms with E-state index in [1.54, 1.807) is 0 Å². The average Bonchev–Trinajstić information content (AvgIpc) is 2.72. The van der Waals surface area contributed by atoms with Crippen LogP contribution in [0.5, 0.6) is 0 Å². The summed E-state index contributed by atoms with van der Waals surface area (Å²) in [4.78, 5) is 14.2. The first-order valence-electron chi connectivity index (χ1n) is 6.22. The molecule has 1 heterocycles. The second-order valence-electron chi connectivity index (χ2n) is 4.49. The van der Waals surface area contributed by atoms with Crippen molar-refractivity contribution in [2.75, 3.05) is 12.4 Å². The zero-order valence-corrected chi connectivity index (χ0v) is 13.5. The number of thiophene rings is 1. The molecule has 0 saturated carbocycles. The van der Waals surface area contributed by atoms with Gasteiger partial charge in [-0.1, -0.05) is 18.2 Å². The standard InChI is InChI=1S/C15H18N2OS.ClH/c1-10-8-14(19-11(10)2)15(18)17-13-7-5-4-6-12(13)9-16-3;/h4-8,16H,9H2,1-3H3,(H,17,18);1H. The first kappa shape index (κ1) is 16.7. The highest BCUT2D eigenvalue weighted by molar-refractivity contribution is 7.14. The van der Waals surface area contributed by atoms with Gasteiger partial charge >= 0.3 is 0 Å². The van der Waals surface area contributed by atoms with E-state index in [9.17, 15) is 4.79 Å². The van der Waals surface area contributed by atoms with Gasteiger partial charge in [-0.2, -0.15) is 0 Å². The number of nitrogens with one attached hydrogen (secondary N) is 2. The Bertz CT molecular complexity index is 576. The van der Waals surface area contributed by atoms with Crippen molar-refractivity contribution in [3.8, 4) is 0 Å². The number of aryl methyl sites for hydroxylation is 2. The van der Waals surface area contributed by atoms with Gasteiger partial charge in [0.25, 0.3) is 5.91 Å². The Labute approximate surface area is 129 Å². The van der Waals surface area contributed by atoms with Crippen molar-refractivity contribution in [3.63, 3.8) is 0 Å². The van der Waals surface area contributed by atoms with Gasteiger partial charge in [-0.05, 0) is 44.2 Å². The van der Waals surface area contributed by atoms with E-state index in [0.717, 1.165) is 22.7 Å². The van der Waals surface area contributed by atoms with Gasteiger partial charge in [-0.15, -0.1) is 23.7 Å². The molecule has 1 aromatic carbocycles. The minimum absolute atomic E-state index is 0. The molecule has 0 fully saturated rings. The highest BCUT2D eigenvalue weighted by Gasteiger charge is 2.12. The normalized spacial score (nSPS) is 9.95. The third kappa shape index (κ3) is 3.82. The van der Waals surface area contributed by atoms with E-state index < -0.39 is 0 Å². The van der Waals surface area contributed by atoms with Crippen molar-refractivity contribution in [1.82, 2.24) is 5.32 Å². The lowest BCUT2D eigenvalue weighted by molar-refractivity contribution is 0.103. The number of hydrogen-bond donors (Lipinski definition) is 2. The number of halogens is 1. The summed E-state index contributed by atoms with van der Waals surface area (Å²) in [6.07, 6.45) is 0. The lowest BCUT2D eigenvalue weighted by atomic mass is 10.1. The largest absolute Gasteiger partial charge is 0.321 e. The Morgan fingerprint density at radius 1 is 1.25 bits per heavy atom. The highest BCUT2D eigenvalue weighted by atomic mass is 35.5. The van der Waals surface area contributed by atoms with E-state index in [4.69, 9.17) is 0 Å². The van der Waals surface area contributed by atoms with Crippen molar-refractivity contribution in [1.29, 1.82) is 0 Å². The lowest BCUT2D eigenvalue weighted by Crippen LogP contribution is -2.14. The second-order valence-corrected chi connectivity index (χ2v) is 5.75. The fourth-order valence-corrected chi connectivity index (χ4v) is 2.79. The van der Waals surface area contributed by atoms with E-state index in [-0.39, 0.29) is 18.3 Å². The number of amides is 1. The van der Waals surface area contributed by atoms with Gasteiger partial charge < -0.3 is 10.6 Å². The molecule has 0 aliphatic rings. The molecule has 1 amide bonds. The summed E-state index contributed by atoms with van der Waals surface area (Å²) in [5.74, 6) is -0.0373. The molecular formula is C15H19ClN2OS.